The number of ether oxygens (including phenoxy) is 1. The van der Waals surface area contributed by atoms with Gasteiger partial charge in [0.25, 0.3) is 0 Å². The molecule has 4 aliphatic rings. The number of rotatable bonds is 4. The number of allylic oxidation sites excluding steroid dienone is 5. The molecule has 0 spiro atoms. The highest BCUT2D eigenvalue weighted by atomic mass is 16.5. The van der Waals surface area contributed by atoms with Crippen molar-refractivity contribution in [2.75, 3.05) is 6.61 Å². The molecule has 2 fully saturated rings. The lowest BCUT2D eigenvalue weighted by Gasteiger charge is -2.56. The van der Waals surface area contributed by atoms with Crippen LogP contribution in [0, 0.1) is 40.4 Å². The van der Waals surface area contributed by atoms with Crippen LogP contribution in [0.1, 0.15) is 66.2 Å². The third-order valence-electron chi connectivity index (χ3n) is 9.05. The Morgan fingerprint density at radius 3 is 2.79 bits per heavy atom. The van der Waals surface area contributed by atoms with Crippen LogP contribution in [0.15, 0.2) is 36.0 Å². The SMILES string of the molecule is CCOC(=O)C=C[C@@H](C)[C@H]1CC[C@H]2[C@@H]3C=CC4=CC(=O)CC[C@]4(C)[C@H]3CC[C@]12C. The van der Waals surface area contributed by atoms with Gasteiger partial charge in [0.05, 0.1) is 6.61 Å². The first-order valence-corrected chi connectivity index (χ1v) is 11.6. The molecule has 4 aliphatic carbocycles. The lowest BCUT2D eigenvalue weighted by molar-refractivity contribution is -0.137. The topological polar surface area (TPSA) is 43.4 Å². The number of esters is 1. The second-order valence-electron chi connectivity index (χ2n) is 10.3. The minimum atomic E-state index is -0.225. The summed E-state index contributed by atoms with van der Waals surface area (Å²) in [5, 5.41) is 0. The van der Waals surface area contributed by atoms with E-state index in [-0.39, 0.29) is 11.4 Å². The summed E-state index contributed by atoms with van der Waals surface area (Å²) in [6.45, 7) is 9.46. The molecule has 0 amide bonds. The van der Waals surface area contributed by atoms with Crippen molar-refractivity contribution < 1.29 is 14.3 Å². The molecular formula is C26H36O3. The number of ketones is 1. The van der Waals surface area contributed by atoms with E-state index in [4.69, 9.17) is 4.74 Å². The van der Waals surface area contributed by atoms with Crippen molar-refractivity contribution >= 4 is 11.8 Å². The maximum Gasteiger partial charge on any atom is 0.330 e. The molecule has 0 heterocycles. The number of carbonyl (C=O) groups excluding carboxylic acids is 2. The molecule has 158 valence electrons. The summed E-state index contributed by atoms with van der Waals surface area (Å²) in [6.07, 6.45) is 17.1. The zero-order chi connectivity index (χ0) is 20.8. The van der Waals surface area contributed by atoms with Gasteiger partial charge in [-0.3, -0.25) is 4.79 Å². The third kappa shape index (κ3) is 3.35. The van der Waals surface area contributed by atoms with Gasteiger partial charge in [-0.05, 0) is 91.1 Å². The average Bonchev–Trinajstić information content (AvgIpc) is 3.04. The largest absolute Gasteiger partial charge is 0.463 e. The van der Waals surface area contributed by atoms with E-state index in [0.29, 0.717) is 53.8 Å². The molecule has 0 unspecified atom stereocenters. The minimum absolute atomic E-state index is 0.169. The second kappa shape index (κ2) is 7.56. The lowest BCUT2D eigenvalue weighted by atomic mass is 9.48. The van der Waals surface area contributed by atoms with Gasteiger partial charge in [-0.15, -0.1) is 0 Å². The van der Waals surface area contributed by atoms with Crippen molar-refractivity contribution in [3.05, 3.63) is 36.0 Å². The third-order valence-corrected chi connectivity index (χ3v) is 9.05. The van der Waals surface area contributed by atoms with Crippen molar-refractivity contribution in [1.29, 1.82) is 0 Å². The first-order chi connectivity index (χ1) is 13.8. The smallest absolute Gasteiger partial charge is 0.330 e. The van der Waals surface area contributed by atoms with Gasteiger partial charge in [0.1, 0.15) is 0 Å². The summed E-state index contributed by atoms with van der Waals surface area (Å²) in [4.78, 5) is 23.7. The molecular weight excluding hydrogens is 360 g/mol. The first kappa shape index (κ1) is 20.6. The number of hydrogen-bond acceptors (Lipinski definition) is 3. The van der Waals surface area contributed by atoms with Crippen LogP contribution in [0.4, 0.5) is 0 Å². The van der Waals surface area contributed by atoms with Crippen LogP contribution >= 0.6 is 0 Å². The Morgan fingerprint density at radius 2 is 2.03 bits per heavy atom. The Hall–Kier alpha value is -1.64. The summed E-state index contributed by atoms with van der Waals surface area (Å²) in [5.41, 5.74) is 1.77. The molecule has 3 heteroatoms. The Balaban J connectivity index is 1.56. The minimum Gasteiger partial charge on any atom is -0.463 e. The van der Waals surface area contributed by atoms with E-state index in [1.807, 2.05) is 13.0 Å². The second-order valence-corrected chi connectivity index (χ2v) is 10.3. The highest BCUT2D eigenvalue weighted by molar-refractivity contribution is 5.92. The fourth-order valence-corrected chi connectivity index (χ4v) is 7.46. The lowest BCUT2D eigenvalue weighted by Crippen LogP contribution is -2.49. The van der Waals surface area contributed by atoms with Gasteiger partial charge in [-0.2, -0.15) is 0 Å². The average molecular weight is 397 g/mol. The summed E-state index contributed by atoms with van der Waals surface area (Å²) in [7, 11) is 0. The van der Waals surface area contributed by atoms with Gasteiger partial charge in [0.2, 0.25) is 0 Å². The van der Waals surface area contributed by atoms with Gasteiger partial charge in [0, 0.05) is 12.5 Å². The zero-order valence-corrected chi connectivity index (χ0v) is 18.4. The summed E-state index contributed by atoms with van der Waals surface area (Å²) < 4.78 is 5.06. The maximum absolute atomic E-state index is 12.0. The molecule has 0 aromatic carbocycles. The molecule has 2 saturated carbocycles. The predicted octanol–water partition coefficient (Wildman–Crippen LogP) is 5.67. The number of fused-ring (bicyclic) bond motifs is 5. The predicted molar refractivity (Wildman–Crippen MR) is 115 cm³/mol. The van der Waals surface area contributed by atoms with Crippen LogP contribution in [0.2, 0.25) is 0 Å². The number of carbonyl (C=O) groups is 2. The molecule has 0 aromatic heterocycles. The van der Waals surface area contributed by atoms with Crippen LogP contribution < -0.4 is 0 Å². The van der Waals surface area contributed by atoms with Crippen LogP contribution in [-0.2, 0) is 14.3 Å². The highest BCUT2D eigenvalue weighted by Gasteiger charge is 2.58. The molecule has 29 heavy (non-hydrogen) atoms. The Bertz CT molecular complexity index is 775. The Kier molecular flexibility index (Phi) is 5.38. The van der Waals surface area contributed by atoms with E-state index in [0.717, 1.165) is 6.42 Å². The molecule has 3 nitrogen and oxygen atoms in total. The van der Waals surface area contributed by atoms with E-state index in [2.05, 4.69) is 39.0 Å². The molecule has 0 radical (unpaired) electrons. The van der Waals surface area contributed by atoms with E-state index in [1.165, 1.54) is 31.3 Å². The Morgan fingerprint density at radius 1 is 1.24 bits per heavy atom. The van der Waals surface area contributed by atoms with Gasteiger partial charge in [0.15, 0.2) is 5.78 Å². The highest BCUT2D eigenvalue weighted by Crippen LogP contribution is 2.66. The first-order valence-electron chi connectivity index (χ1n) is 11.6. The zero-order valence-electron chi connectivity index (χ0n) is 18.4. The van der Waals surface area contributed by atoms with Crippen LogP contribution in [0.3, 0.4) is 0 Å². The standard InChI is InChI=1S/C26H36O3/c1-5-29-24(28)11-6-17(2)21-9-10-22-20-8-7-18-16-19(27)12-14-25(18,3)23(20)13-15-26(21,22)4/h6-8,11,16-17,20-23H,5,9-10,12-15H2,1-4H3/t17-,20+,21-,22+,23+,25+,26-/m1/s1. The van der Waals surface area contributed by atoms with Gasteiger partial charge in [-0.1, -0.05) is 39.0 Å². The van der Waals surface area contributed by atoms with Gasteiger partial charge >= 0.3 is 5.97 Å². The van der Waals surface area contributed by atoms with Crippen molar-refractivity contribution in [3.8, 4) is 0 Å². The molecule has 0 aliphatic heterocycles. The molecule has 0 N–H and O–H groups in total. The van der Waals surface area contributed by atoms with Crippen molar-refractivity contribution in [1.82, 2.24) is 0 Å². The van der Waals surface area contributed by atoms with Crippen LogP contribution in [-0.4, -0.2) is 18.4 Å². The molecule has 7 atom stereocenters. The van der Waals surface area contributed by atoms with E-state index >= 15 is 0 Å². The normalized spacial score (nSPS) is 42.1. The van der Waals surface area contributed by atoms with E-state index in [1.54, 1.807) is 6.08 Å². The molecule has 0 saturated heterocycles. The van der Waals surface area contributed by atoms with Gasteiger partial charge in [-0.25, -0.2) is 4.79 Å². The summed E-state index contributed by atoms with van der Waals surface area (Å²) >= 11 is 0. The van der Waals surface area contributed by atoms with E-state index < -0.39 is 0 Å². The summed E-state index contributed by atoms with van der Waals surface area (Å²) in [5.74, 6) is 3.06. The monoisotopic (exact) mass is 396 g/mol. The fourth-order valence-electron chi connectivity index (χ4n) is 7.46. The van der Waals surface area contributed by atoms with Crippen LogP contribution in [0.5, 0.6) is 0 Å². The fraction of sp³-hybridized carbons (Fsp3) is 0.692. The Labute approximate surface area is 175 Å². The quantitative estimate of drug-likeness (QED) is 0.454. The molecule has 0 aromatic rings. The summed E-state index contributed by atoms with van der Waals surface area (Å²) in [6, 6.07) is 0. The van der Waals surface area contributed by atoms with E-state index in [9.17, 15) is 9.59 Å². The van der Waals surface area contributed by atoms with Crippen molar-refractivity contribution in [2.45, 2.75) is 66.2 Å². The van der Waals surface area contributed by atoms with Gasteiger partial charge < -0.3 is 4.74 Å². The molecule has 4 rings (SSSR count). The molecule has 0 bridgehead atoms. The van der Waals surface area contributed by atoms with Crippen LogP contribution in [0.25, 0.3) is 0 Å². The van der Waals surface area contributed by atoms with Crippen molar-refractivity contribution in [3.63, 3.8) is 0 Å². The number of hydrogen-bond donors (Lipinski definition) is 0. The maximum atomic E-state index is 12.0. The van der Waals surface area contributed by atoms with Crippen molar-refractivity contribution in [2.24, 2.45) is 40.4 Å².